The first-order chi connectivity index (χ1) is 6.76. The van der Waals surface area contributed by atoms with Crippen LogP contribution in [-0.2, 0) is 13.0 Å². The monoisotopic (exact) mass is 193 g/mol. The summed E-state index contributed by atoms with van der Waals surface area (Å²) in [6, 6.07) is 8.74. The van der Waals surface area contributed by atoms with Crippen molar-refractivity contribution < 1.29 is 5.11 Å². The summed E-state index contributed by atoms with van der Waals surface area (Å²) < 4.78 is 0. The quantitative estimate of drug-likeness (QED) is 0.746. The van der Waals surface area contributed by atoms with Crippen LogP contribution in [0.1, 0.15) is 25.0 Å². The summed E-state index contributed by atoms with van der Waals surface area (Å²) in [5, 5.41) is 12.1. The van der Waals surface area contributed by atoms with Crippen molar-refractivity contribution in [2.24, 2.45) is 0 Å². The number of hydrogen-bond donors (Lipinski definition) is 2. The predicted octanol–water partition coefficient (Wildman–Crippen LogP) is 1.72. The van der Waals surface area contributed by atoms with E-state index in [-0.39, 0.29) is 12.6 Å². The highest BCUT2D eigenvalue weighted by molar-refractivity contribution is 5.22. The second kappa shape index (κ2) is 5.78. The van der Waals surface area contributed by atoms with Crippen LogP contribution in [0, 0.1) is 0 Å². The van der Waals surface area contributed by atoms with Crippen LogP contribution in [0.3, 0.4) is 0 Å². The van der Waals surface area contributed by atoms with Crippen molar-refractivity contribution >= 4 is 0 Å². The molecule has 0 saturated heterocycles. The molecule has 1 aromatic rings. The molecule has 0 aliphatic rings. The lowest BCUT2D eigenvalue weighted by Gasteiger charge is -2.10. The third-order valence-electron chi connectivity index (χ3n) is 2.36. The highest BCUT2D eigenvalue weighted by Crippen LogP contribution is 2.04. The maximum atomic E-state index is 8.83. The Kier molecular flexibility index (Phi) is 4.63. The fourth-order valence-electron chi connectivity index (χ4n) is 1.25. The van der Waals surface area contributed by atoms with Crippen molar-refractivity contribution in [3.05, 3.63) is 35.4 Å². The van der Waals surface area contributed by atoms with Crippen molar-refractivity contribution in [1.29, 1.82) is 0 Å². The molecule has 2 nitrogen and oxygen atoms in total. The van der Waals surface area contributed by atoms with E-state index in [1.165, 1.54) is 11.1 Å². The number of rotatable bonds is 5. The molecule has 0 saturated carbocycles. The van der Waals surface area contributed by atoms with Crippen molar-refractivity contribution in [1.82, 2.24) is 5.32 Å². The second-order valence-electron chi connectivity index (χ2n) is 3.63. The van der Waals surface area contributed by atoms with Crippen LogP contribution >= 0.6 is 0 Å². The van der Waals surface area contributed by atoms with E-state index in [1.54, 1.807) is 0 Å². The third kappa shape index (κ3) is 3.48. The fraction of sp³-hybridized carbons (Fsp3) is 0.500. The van der Waals surface area contributed by atoms with Gasteiger partial charge in [0.15, 0.2) is 0 Å². The van der Waals surface area contributed by atoms with Gasteiger partial charge in [0.25, 0.3) is 0 Å². The Morgan fingerprint density at radius 2 is 1.79 bits per heavy atom. The van der Waals surface area contributed by atoms with Crippen LogP contribution in [-0.4, -0.2) is 17.8 Å². The van der Waals surface area contributed by atoms with Gasteiger partial charge in [-0.3, -0.25) is 0 Å². The average Bonchev–Trinajstić information content (AvgIpc) is 2.26. The molecule has 0 bridgehead atoms. The van der Waals surface area contributed by atoms with Gasteiger partial charge in [-0.2, -0.15) is 0 Å². The number of benzene rings is 1. The van der Waals surface area contributed by atoms with E-state index < -0.39 is 0 Å². The predicted molar refractivity (Wildman–Crippen MR) is 59.2 cm³/mol. The molecule has 0 aliphatic heterocycles. The molecule has 0 aromatic heterocycles. The van der Waals surface area contributed by atoms with Gasteiger partial charge in [0.2, 0.25) is 0 Å². The van der Waals surface area contributed by atoms with Crippen LogP contribution < -0.4 is 5.32 Å². The molecule has 0 aliphatic carbocycles. The van der Waals surface area contributed by atoms with Gasteiger partial charge in [-0.15, -0.1) is 0 Å². The largest absolute Gasteiger partial charge is 0.395 e. The van der Waals surface area contributed by atoms with Gasteiger partial charge in [0, 0.05) is 12.6 Å². The zero-order valence-electron chi connectivity index (χ0n) is 8.96. The average molecular weight is 193 g/mol. The minimum absolute atomic E-state index is 0.167. The van der Waals surface area contributed by atoms with E-state index in [9.17, 15) is 0 Å². The Bertz CT molecular complexity index is 256. The number of nitrogens with one attached hydrogen (secondary N) is 1. The Morgan fingerprint density at radius 3 is 2.29 bits per heavy atom. The number of aliphatic hydroxyl groups is 1. The van der Waals surface area contributed by atoms with Crippen LogP contribution in [0.15, 0.2) is 24.3 Å². The summed E-state index contributed by atoms with van der Waals surface area (Å²) in [4.78, 5) is 0. The summed E-state index contributed by atoms with van der Waals surface area (Å²) in [6.45, 7) is 5.14. The Morgan fingerprint density at radius 1 is 1.21 bits per heavy atom. The molecular weight excluding hydrogens is 174 g/mol. The van der Waals surface area contributed by atoms with E-state index >= 15 is 0 Å². The minimum Gasteiger partial charge on any atom is -0.395 e. The van der Waals surface area contributed by atoms with Crippen molar-refractivity contribution in [3.63, 3.8) is 0 Å². The Labute approximate surface area is 86.0 Å². The van der Waals surface area contributed by atoms with Crippen molar-refractivity contribution in [2.45, 2.75) is 32.9 Å². The molecule has 78 valence electrons. The molecule has 0 radical (unpaired) electrons. The Balaban J connectivity index is 2.43. The molecule has 14 heavy (non-hydrogen) atoms. The molecule has 1 rings (SSSR count). The Hall–Kier alpha value is -0.860. The smallest absolute Gasteiger partial charge is 0.0582 e. The van der Waals surface area contributed by atoms with Gasteiger partial charge >= 0.3 is 0 Å². The highest BCUT2D eigenvalue weighted by atomic mass is 16.3. The zero-order valence-corrected chi connectivity index (χ0v) is 8.96. The summed E-state index contributed by atoms with van der Waals surface area (Å²) in [5.41, 5.74) is 2.63. The molecule has 2 N–H and O–H groups in total. The topological polar surface area (TPSA) is 32.3 Å². The normalized spacial score (nSPS) is 12.8. The first-order valence-electron chi connectivity index (χ1n) is 5.18. The first kappa shape index (κ1) is 11.2. The number of hydrogen-bond acceptors (Lipinski definition) is 2. The van der Waals surface area contributed by atoms with Gasteiger partial charge in [0.1, 0.15) is 0 Å². The van der Waals surface area contributed by atoms with Crippen LogP contribution in [0.25, 0.3) is 0 Å². The molecule has 0 fully saturated rings. The maximum absolute atomic E-state index is 8.83. The number of aliphatic hydroxyl groups excluding tert-OH is 1. The van der Waals surface area contributed by atoms with Gasteiger partial charge in [0.05, 0.1) is 6.61 Å². The molecular formula is C12H19NO. The molecule has 0 heterocycles. The van der Waals surface area contributed by atoms with E-state index in [4.69, 9.17) is 5.11 Å². The standard InChI is InChI=1S/C12H19NO/c1-3-11-4-6-12(7-5-11)8-13-10(2)9-14/h4-7,10,13-14H,3,8-9H2,1-2H3/t10-/m1/s1. The lowest BCUT2D eigenvalue weighted by Crippen LogP contribution is -2.28. The van der Waals surface area contributed by atoms with Gasteiger partial charge in [-0.05, 0) is 24.5 Å². The lowest BCUT2D eigenvalue weighted by atomic mass is 10.1. The van der Waals surface area contributed by atoms with Gasteiger partial charge < -0.3 is 10.4 Å². The number of aryl methyl sites for hydroxylation is 1. The minimum atomic E-state index is 0.167. The molecule has 0 spiro atoms. The molecule has 1 aromatic carbocycles. The fourth-order valence-corrected chi connectivity index (χ4v) is 1.25. The summed E-state index contributed by atoms with van der Waals surface area (Å²) >= 11 is 0. The third-order valence-corrected chi connectivity index (χ3v) is 2.36. The summed E-state index contributed by atoms with van der Waals surface area (Å²) in [6.07, 6.45) is 1.08. The van der Waals surface area contributed by atoms with Crippen LogP contribution in [0.5, 0.6) is 0 Å². The maximum Gasteiger partial charge on any atom is 0.0582 e. The van der Waals surface area contributed by atoms with E-state index in [0.717, 1.165) is 13.0 Å². The SMILES string of the molecule is CCc1ccc(CN[C@H](C)CO)cc1. The second-order valence-corrected chi connectivity index (χ2v) is 3.63. The van der Waals surface area contributed by atoms with Gasteiger partial charge in [-0.25, -0.2) is 0 Å². The van der Waals surface area contributed by atoms with Crippen LogP contribution in [0.4, 0.5) is 0 Å². The molecule has 2 heteroatoms. The van der Waals surface area contributed by atoms with E-state index in [0.29, 0.717) is 0 Å². The van der Waals surface area contributed by atoms with Crippen molar-refractivity contribution in [2.75, 3.05) is 6.61 Å². The zero-order chi connectivity index (χ0) is 10.4. The summed E-state index contributed by atoms with van der Waals surface area (Å²) in [5.74, 6) is 0. The first-order valence-corrected chi connectivity index (χ1v) is 5.18. The highest BCUT2D eigenvalue weighted by Gasteiger charge is 1.98. The van der Waals surface area contributed by atoms with E-state index in [1.807, 2.05) is 6.92 Å². The molecule has 0 unspecified atom stereocenters. The van der Waals surface area contributed by atoms with Gasteiger partial charge in [-0.1, -0.05) is 31.2 Å². The van der Waals surface area contributed by atoms with E-state index in [2.05, 4.69) is 36.5 Å². The van der Waals surface area contributed by atoms with Crippen LogP contribution in [0.2, 0.25) is 0 Å². The van der Waals surface area contributed by atoms with Crippen molar-refractivity contribution in [3.8, 4) is 0 Å². The molecule has 0 amide bonds. The lowest BCUT2D eigenvalue weighted by molar-refractivity contribution is 0.251. The molecule has 1 atom stereocenters. The summed E-state index contributed by atoms with van der Waals surface area (Å²) in [7, 11) is 0.